The van der Waals surface area contributed by atoms with E-state index < -0.39 is 0 Å². The molecule has 0 bridgehead atoms. The van der Waals surface area contributed by atoms with Crippen LogP contribution in [0.4, 0.5) is 11.4 Å². The van der Waals surface area contributed by atoms with Gasteiger partial charge in [0.1, 0.15) is 18.1 Å². The molecule has 1 fully saturated rings. The number of nitrogen functional groups attached to an aromatic ring is 1. The number of piperazine rings is 1. The van der Waals surface area contributed by atoms with Crippen molar-refractivity contribution in [2.24, 2.45) is 0 Å². The van der Waals surface area contributed by atoms with Crippen LogP contribution in [0.15, 0.2) is 12.1 Å². The number of benzene rings is 1. The van der Waals surface area contributed by atoms with Crippen LogP contribution in [-0.4, -0.2) is 51.3 Å². The lowest BCUT2D eigenvalue weighted by Crippen LogP contribution is -2.56. The second kappa shape index (κ2) is 4.24. The molecule has 1 aromatic carbocycles. The maximum Gasteiger partial charge on any atom is 0.145 e. The van der Waals surface area contributed by atoms with Crippen LogP contribution < -0.4 is 20.1 Å². The summed E-state index contributed by atoms with van der Waals surface area (Å²) in [6, 6.07) is 4.27. The Kier molecular flexibility index (Phi) is 2.70. The normalized spacial score (nSPS) is 23.0. The van der Waals surface area contributed by atoms with Crippen molar-refractivity contribution < 1.29 is 9.47 Å². The summed E-state index contributed by atoms with van der Waals surface area (Å²) in [4.78, 5) is 4.74. The molecule has 2 N–H and O–H groups in total. The van der Waals surface area contributed by atoms with E-state index in [-0.39, 0.29) is 0 Å². The molecule has 1 saturated heterocycles. The minimum absolute atomic E-state index is 0.421. The van der Waals surface area contributed by atoms with E-state index in [4.69, 9.17) is 15.2 Å². The van der Waals surface area contributed by atoms with Crippen molar-refractivity contribution in [3.8, 4) is 11.5 Å². The summed E-state index contributed by atoms with van der Waals surface area (Å²) in [5, 5.41) is 0. The molecule has 0 unspecified atom stereocenters. The summed E-state index contributed by atoms with van der Waals surface area (Å²) in [7, 11) is 3.79. The Labute approximate surface area is 107 Å². The van der Waals surface area contributed by atoms with E-state index in [0.29, 0.717) is 11.7 Å². The van der Waals surface area contributed by atoms with Crippen molar-refractivity contribution in [2.45, 2.75) is 6.04 Å². The third-order valence-corrected chi connectivity index (χ3v) is 3.74. The second-order valence-corrected chi connectivity index (χ2v) is 4.98. The summed E-state index contributed by atoms with van der Waals surface area (Å²) in [6.07, 6.45) is 0. The highest BCUT2D eigenvalue weighted by Crippen LogP contribution is 2.40. The monoisotopic (exact) mass is 249 g/mol. The van der Waals surface area contributed by atoms with Gasteiger partial charge in [-0.25, -0.2) is 0 Å². The lowest BCUT2D eigenvalue weighted by Gasteiger charge is -2.44. The minimum Gasteiger partial charge on any atom is -0.495 e. The van der Waals surface area contributed by atoms with Gasteiger partial charge in [0, 0.05) is 31.8 Å². The molecule has 98 valence electrons. The predicted octanol–water partition coefficient (Wildman–Crippen LogP) is 0.790. The Hall–Kier alpha value is -1.62. The van der Waals surface area contributed by atoms with Crippen LogP contribution in [0, 0.1) is 0 Å². The number of nitrogens with two attached hydrogens (primary N) is 1. The molecule has 5 heteroatoms. The summed E-state index contributed by atoms with van der Waals surface area (Å²) in [5.74, 6) is 1.59. The standard InChI is InChI=1S/C13H19N3O2/c1-15-3-4-16-9(7-15)8-18-13-5-10(14)12(17-2)6-11(13)16/h5-6,9H,3-4,7-8,14H2,1-2H3/t9-/m1/s1. The number of likely N-dealkylation sites (N-methyl/N-ethyl adjacent to an activating group) is 1. The Balaban J connectivity index is 1.98. The topological polar surface area (TPSA) is 51.0 Å². The molecule has 18 heavy (non-hydrogen) atoms. The lowest BCUT2D eigenvalue weighted by atomic mass is 10.1. The van der Waals surface area contributed by atoms with Gasteiger partial charge in [0.15, 0.2) is 0 Å². The van der Waals surface area contributed by atoms with E-state index in [9.17, 15) is 0 Å². The van der Waals surface area contributed by atoms with Crippen LogP contribution in [0.3, 0.4) is 0 Å². The van der Waals surface area contributed by atoms with Crippen molar-refractivity contribution in [1.82, 2.24) is 4.90 Å². The molecule has 0 aromatic heterocycles. The molecular formula is C13H19N3O2. The van der Waals surface area contributed by atoms with E-state index in [1.54, 1.807) is 7.11 Å². The van der Waals surface area contributed by atoms with Gasteiger partial charge in [-0.1, -0.05) is 0 Å². The van der Waals surface area contributed by atoms with Gasteiger partial charge in [0.05, 0.1) is 24.5 Å². The smallest absolute Gasteiger partial charge is 0.145 e. The number of rotatable bonds is 1. The highest BCUT2D eigenvalue weighted by molar-refractivity contribution is 5.71. The van der Waals surface area contributed by atoms with Crippen molar-refractivity contribution in [2.75, 3.05) is 51.0 Å². The van der Waals surface area contributed by atoms with E-state index in [0.717, 1.165) is 43.4 Å². The average molecular weight is 249 g/mol. The Bertz CT molecular complexity index is 464. The number of methoxy groups -OCH3 is 1. The van der Waals surface area contributed by atoms with Crippen LogP contribution in [0.25, 0.3) is 0 Å². The Morgan fingerprint density at radius 3 is 3.00 bits per heavy atom. The molecule has 0 spiro atoms. The van der Waals surface area contributed by atoms with Crippen LogP contribution in [0.1, 0.15) is 0 Å². The largest absolute Gasteiger partial charge is 0.495 e. The zero-order chi connectivity index (χ0) is 12.7. The first kappa shape index (κ1) is 11.5. The van der Waals surface area contributed by atoms with Crippen LogP contribution in [0.2, 0.25) is 0 Å². The van der Waals surface area contributed by atoms with Gasteiger partial charge in [-0.3, -0.25) is 0 Å². The summed E-state index contributed by atoms with van der Waals surface area (Å²) in [6.45, 7) is 3.85. The van der Waals surface area contributed by atoms with Gasteiger partial charge in [-0.05, 0) is 7.05 Å². The third-order valence-electron chi connectivity index (χ3n) is 3.74. The van der Waals surface area contributed by atoms with Gasteiger partial charge in [0.2, 0.25) is 0 Å². The molecule has 0 radical (unpaired) electrons. The number of hydrogen-bond acceptors (Lipinski definition) is 5. The van der Waals surface area contributed by atoms with Crippen molar-refractivity contribution in [1.29, 1.82) is 0 Å². The number of ether oxygens (including phenoxy) is 2. The van der Waals surface area contributed by atoms with Crippen molar-refractivity contribution in [3.05, 3.63) is 12.1 Å². The van der Waals surface area contributed by atoms with E-state index in [1.807, 2.05) is 12.1 Å². The Morgan fingerprint density at radius 1 is 1.39 bits per heavy atom. The molecule has 2 aliphatic rings. The molecule has 2 aliphatic heterocycles. The first-order valence-corrected chi connectivity index (χ1v) is 6.24. The molecule has 1 aromatic rings. The second-order valence-electron chi connectivity index (χ2n) is 4.98. The summed E-state index contributed by atoms with van der Waals surface area (Å²) < 4.78 is 11.1. The van der Waals surface area contributed by atoms with Crippen LogP contribution >= 0.6 is 0 Å². The van der Waals surface area contributed by atoms with Gasteiger partial charge < -0.3 is 25.0 Å². The van der Waals surface area contributed by atoms with Gasteiger partial charge in [-0.15, -0.1) is 0 Å². The summed E-state index contributed by atoms with van der Waals surface area (Å²) >= 11 is 0. The average Bonchev–Trinajstić information content (AvgIpc) is 2.37. The maximum absolute atomic E-state index is 5.91. The van der Waals surface area contributed by atoms with E-state index >= 15 is 0 Å². The number of nitrogens with zero attached hydrogens (tertiary/aromatic N) is 2. The quantitative estimate of drug-likeness (QED) is 0.746. The zero-order valence-corrected chi connectivity index (χ0v) is 10.8. The third kappa shape index (κ3) is 1.75. The van der Waals surface area contributed by atoms with Gasteiger partial charge in [-0.2, -0.15) is 0 Å². The van der Waals surface area contributed by atoms with Crippen molar-refractivity contribution >= 4 is 11.4 Å². The first-order valence-electron chi connectivity index (χ1n) is 6.24. The van der Waals surface area contributed by atoms with Gasteiger partial charge in [0.25, 0.3) is 0 Å². The fourth-order valence-corrected chi connectivity index (χ4v) is 2.74. The molecule has 0 amide bonds. The number of fused-ring (bicyclic) bond motifs is 3. The maximum atomic E-state index is 5.91. The zero-order valence-electron chi connectivity index (χ0n) is 10.8. The molecule has 1 atom stereocenters. The lowest BCUT2D eigenvalue weighted by molar-refractivity contribution is 0.188. The first-order chi connectivity index (χ1) is 8.69. The molecule has 5 nitrogen and oxygen atoms in total. The molecule has 0 aliphatic carbocycles. The molecule has 0 saturated carbocycles. The fourth-order valence-electron chi connectivity index (χ4n) is 2.74. The number of anilines is 2. The van der Waals surface area contributed by atoms with Crippen LogP contribution in [0.5, 0.6) is 11.5 Å². The van der Waals surface area contributed by atoms with E-state index in [2.05, 4.69) is 16.8 Å². The SMILES string of the molecule is COc1cc2c(cc1N)OC[C@H]1CN(C)CCN21. The van der Waals surface area contributed by atoms with E-state index in [1.165, 1.54) is 0 Å². The minimum atomic E-state index is 0.421. The fraction of sp³-hybridized carbons (Fsp3) is 0.538. The van der Waals surface area contributed by atoms with Crippen LogP contribution in [-0.2, 0) is 0 Å². The molecule has 3 rings (SSSR count). The highest BCUT2D eigenvalue weighted by atomic mass is 16.5. The number of hydrogen-bond donors (Lipinski definition) is 1. The highest BCUT2D eigenvalue weighted by Gasteiger charge is 2.32. The summed E-state index contributed by atoms with van der Waals surface area (Å²) in [5.41, 5.74) is 7.64. The molecular weight excluding hydrogens is 230 g/mol. The predicted molar refractivity (Wildman–Crippen MR) is 71.5 cm³/mol. The van der Waals surface area contributed by atoms with Gasteiger partial charge >= 0.3 is 0 Å². The van der Waals surface area contributed by atoms with Crippen molar-refractivity contribution in [3.63, 3.8) is 0 Å². The Morgan fingerprint density at radius 2 is 2.22 bits per heavy atom. The molecule has 2 heterocycles.